The molecule has 4 rings (SSSR count). The minimum Gasteiger partial charge on any atom is -0.485 e. The van der Waals surface area contributed by atoms with Crippen LogP contribution in [0.15, 0.2) is 52.9 Å². The highest BCUT2D eigenvalue weighted by Crippen LogP contribution is 2.24. The van der Waals surface area contributed by atoms with Gasteiger partial charge in [0, 0.05) is 22.9 Å². The van der Waals surface area contributed by atoms with Gasteiger partial charge in [-0.05, 0) is 80.3 Å². The van der Waals surface area contributed by atoms with Gasteiger partial charge in [-0.1, -0.05) is 6.07 Å². The van der Waals surface area contributed by atoms with E-state index in [0.717, 1.165) is 24.0 Å². The number of nitrogens with one attached hydrogen (secondary N) is 2. The van der Waals surface area contributed by atoms with Gasteiger partial charge in [-0.3, -0.25) is 9.59 Å². The van der Waals surface area contributed by atoms with Crippen molar-refractivity contribution < 1.29 is 28.3 Å². The minimum atomic E-state index is -0.554. The molecule has 0 bridgehead atoms. The molecule has 1 fully saturated rings. The fourth-order valence-corrected chi connectivity index (χ4v) is 3.36. The van der Waals surface area contributed by atoms with Crippen molar-refractivity contribution in [2.75, 3.05) is 12.4 Å². The van der Waals surface area contributed by atoms with E-state index >= 15 is 0 Å². The van der Waals surface area contributed by atoms with Crippen molar-refractivity contribution in [3.05, 3.63) is 82.3 Å². The Balaban J connectivity index is 1.40. The topological polar surface area (TPSA) is 107 Å². The average molecular weight is 463 g/mol. The lowest BCUT2D eigenvalue weighted by Gasteiger charge is -2.13. The summed E-state index contributed by atoms with van der Waals surface area (Å²) in [4.78, 5) is 36.7. The van der Waals surface area contributed by atoms with Gasteiger partial charge in [-0.25, -0.2) is 4.79 Å². The molecule has 34 heavy (non-hydrogen) atoms. The molecule has 0 radical (unpaired) electrons. The third-order valence-electron chi connectivity index (χ3n) is 5.52. The standard InChI is InChI=1S/C26H26N2O6/c1-15-4-5-18(24(29)27-19-7-8-19)13-21(15)28-25(30)17-6-10-22(16(2)12-17)33-14-20-9-11-23(34-20)26(31)32-3/h4-6,9-13,19H,7-8,14H2,1-3H3,(H,27,29)(H,28,30). The lowest BCUT2D eigenvalue weighted by molar-refractivity contribution is 0.0560. The summed E-state index contributed by atoms with van der Waals surface area (Å²) in [5, 5.41) is 5.85. The van der Waals surface area contributed by atoms with Crippen LogP contribution in [0.4, 0.5) is 5.69 Å². The second kappa shape index (κ2) is 9.82. The van der Waals surface area contributed by atoms with E-state index in [0.29, 0.717) is 28.3 Å². The van der Waals surface area contributed by atoms with E-state index in [-0.39, 0.29) is 30.2 Å². The largest absolute Gasteiger partial charge is 0.485 e. The number of carbonyl (C=O) groups is 3. The van der Waals surface area contributed by atoms with Crippen LogP contribution in [0.1, 0.15) is 61.0 Å². The Morgan fingerprint density at radius 1 is 0.941 bits per heavy atom. The Hall–Kier alpha value is -4.07. The molecule has 176 valence electrons. The predicted octanol–water partition coefficient (Wildman–Crippen LogP) is 4.41. The number of amides is 2. The van der Waals surface area contributed by atoms with Gasteiger partial charge in [-0.2, -0.15) is 0 Å². The summed E-state index contributed by atoms with van der Waals surface area (Å²) in [6.07, 6.45) is 2.02. The molecule has 0 spiro atoms. The van der Waals surface area contributed by atoms with Crippen molar-refractivity contribution in [2.24, 2.45) is 0 Å². The van der Waals surface area contributed by atoms with Crippen molar-refractivity contribution in [2.45, 2.75) is 39.3 Å². The number of ether oxygens (including phenoxy) is 2. The van der Waals surface area contributed by atoms with Crippen molar-refractivity contribution in [1.82, 2.24) is 5.32 Å². The number of anilines is 1. The predicted molar refractivity (Wildman–Crippen MR) is 125 cm³/mol. The van der Waals surface area contributed by atoms with Crippen LogP contribution in [0.3, 0.4) is 0 Å². The molecule has 0 atom stereocenters. The smallest absolute Gasteiger partial charge is 0.373 e. The van der Waals surface area contributed by atoms with Crippen LogP contribution in [0.25, 0.3) is 0 Å². The summed E-state index contributed by atoms with van der Waals surface area (Å²) < 4.78 is 15.8. The van der Waals surface area contributed by atoms with Crippen LogP contribution >= 0.6 is 0 Å². The van der Waals surface area contributed by atoms with Crippen LogP contribution in [0.2, 0.25) is 0 Å². The second-order valence-corrected chi connectivity index (χ2v) is 8.26. The molecule has 0 unspecified atom stereocenters. The van der Waals surface area contributed by atoms with Crippen LogP contribution in [0, 0.1) is 13.8 Å². The number of benzene rings is 2. The molecule has 8 heteroatoms. The Bertz CT molecular complexity index is 1240. The first-order valence-corrected chi connectivity index (χ1v) is 11.0. The van der Waals surface area contributed by atoms with E-state index in [9.17, 15) is 14.4 Å². The van der Waals surface area contributed by atoms with Gasteiger partial charge >= 0.3 is 5.97 Å². The van der Waals surface area contributed by atoms with E-state index < -0.39 is 5.97 Å². The quantitative estimate of drug-likeness (QED) is 0.481. The van der Waals surface area contributed by atoms with Gasteiger partial charge in [0.2, 0.25) is 5.76 Å². The molecular weight excluding hydrogens is 436 g/mol. The molecule has 8 nitrogen and oxygen atoms in total. The number of rotatable bonds is 8. The van der Waals surface area contributed by atoms with E-state index in [1.165, 1.54) is 13.2 Å². The first-order chi connectivity index (χ1) is 16.3. The summed E-state index contributed by atoms with van der Waals surface area (Å²) in [6.45, 7) is 3.83. The third kappa shape index (κ3) is 5.46. The van der Waals surface area contributed by atoms with Gasteiger partial charge in [0.15, 0.2) is 0 Å². The second-order valence-electron chi connectivity index (χ2n) is 8.26. The van der Waals surface area contributed by atoms with Crippen molar-refractivity contribution in [1.29, 1.82) is 0 Å². The molecule has 2 aromatic carbocycles. The number of aryl methyl sites for hydroxylation is 2. The number of methoxy groups -OCH3 is 1. The zero-order chi connectivity index (χ0) is 24.2. The Morgan fingerprint density at radius 3 is 2.38 bits per heavy atom. The van der Waals surface area contributed by atoms with E-state index in [1.807, 2.05) is 19.9 Å². The summed E-state index contributed by atoms with van der Waals surface area (Å²) in [5.74, 6) is 0.193. The van der Waals surface area contributed by atoms with Gasteiger partial charge in [0.25, 0.3) is 11.8 Å². The lowest BCUT2D eigenvalue weighted by Crippen LogP contribution is -2.25. The molecule has 3 aromatic rings. The third-order valence-corrected chi connectivity index (χ3v) is 5.52. The lowest BCUT2D eigenvalue weighted by atomic mass is 10.1. The van der Waals surface area contributed by atoms with Crippen LogP contribution in [-0.4, -0.2) is 30.9 Å². The molecule has 1 aromatic heterocycles. The van der Waals surface area contributed by atoms with Crippen molar-refractivity contribution in [3.63, 3.8) is 0 Å². The van der Waals surface area contributed by atoms with E-state index in [2.05, 4.69) is 15.4 Å². The van der Waals surface area contributed by atoms with Crippen molar-refractivity contribution >= 4 is 23.5 Å². The number of hydrogen-bond acceptors (Lipinski definition) is 6. The normalized spacial score (nSPS) is 12.7. The highest BCUT2D eigenvalue weighted by molar-refractivity contribution is 6.05. The van der Waals surface area contributed by atoms with E-state index in [1.54, 1.807) is 36.4 Å². The summed E-state index contributed by atoms with van der Waals surface area (Å²) in [7, 11) is 1.28. The van der Waals surface area contributed by atoms with Crippen LogP contribution in [0.5, 0.6) is 5.75 Å². The van der Waals surface area contributed by atoms with Gasteiger partial charge in [0.1, 0.15) is 18.1 Å². The highest BCUT2D eigenvalue weighted by atomic mass is 16.5. The fraction of sp³-hybridized carbons (Fsp3) is 0.269. The Morgan fingerprint density at radius 2 is 1.68 bits per heavy atom. The maximum absolute atomic E-state index is 12.9. The Labute approximate surface area is 197 Å². The molecule has 1 heterocycles. The maximum Gasteiger partial charge on any atom is 0.373 e. The Kier molecular flexibility index (Phi) is 6.67. The van der Waals surface area contributed by atoms with Crippen LogP contribution in [-0.2, 0) is 11.3 Å². The van der Waals surface area contributed by atoms with Gasteiger partial charge < -0.3 is 24.5 Å². The molecule has 1 aliphatic rings. The number of furan rings is 1. The first kappa shape index (κ1) is 23.1. The number of esters is 1. The molecule has 2 amide bonds. The summed E-state index contributed by atoms with van der Waals surface area (Å²) in [6, 6.07) is 13.8. The zero-order valence-corrected chi connectivity index (χ0v) is 19.3. The molecule has 2 N–H and O–H groups in total. The highest BCUT2D eigenvalue weighted by Gasteiger charge is 2.24. The maximum atomic E-state index is 12.9. The fourth-order valence-electron chi connectivity index (χ4n) is 3.36. The van der Waals surface area contributed by atoms with Gasteiger partial charge in [0.05, 0.1) is 7.11 Å². The molecule has 1 aliphatic carbocycles. The minimum absolute atomic E-state index is 0.106. The van der Waals surface area contributed by atoms with Crippen molar-refractivity contribution in [3.8, 4) is 5.75 Å². The average Bonchev–Trinajstić information content (AvgIpc) is 3.51. The SMILES string of the molecule is COC(=O)c1ccc(COc2ccc(C(=O)Nc3cc(C(=O)NC4CC4)ccc3C)cc2C)o1. The van der Waals surface area contributed by atoms with Gasteiger partial charge in [-0.15, -0.1) is 0 Å². The van der Waals surface area contributed by atoms with E-state index in [4.69, 9.17) is 9.15 Å². The molecule has 0 aliphatic heterocycles. The molecule has 0 saturated heterocycles. The summed E-state index contributed by atoms with van der Waals surface area (Å²) in [5.41, 5.74) is 3.19. The zero-order valence-electron chi connectivity index (χ0n) is 19.3. The number of hydrogen-bond donors (Lipinski definition) is 2. The summed E-state index contributed by atoms with van der Waals surface area (Å²) >= 11 is 0. The molecular formula is C26H26N2O6. The molecule has 1 saturated carbocycles. The van der Waals surface area contributed by atoms with Crippen LogP contribution < -0.4 is 15.4 Å². The number of carbonyl (C=O) groups excluding carboxylic acids is 3. The first-order valence-electron chi connectivity index (χ1n) is 11.0. The monoisotopic (exact) mass is 462 g/mol.